The van der Waals surface area contributed by atoms with Crippen LogP contribution in [0.15, 0.2) is 24.3 Å². The molecule has 1 aliphatic carbocycles. The maximum absolute atomic E-state index is 12.1. The van der Waals surface area contributed by atoms with Gasteiger partial charge in [0.15, 0.2) is 5.78 Å². The standard InChI is InChI=1S/C17H23NO/c19-17(15-5-4-6-15)16-9-7-14(8-10-16)13-18-11-2-1-3-12-18/h7-10,15H,1-6,11-13H2. The quantitative estimate of drug-likeness (QED) is 0.767. The summed E-state index contributed by atoms with van der Waals surface area (Å²) in [6.07, 6.45) is 7.45. The molecule has 102 valence electrons. The number of carbonyl (C=O) groups excluding carboxylic acids is 1. The SMILES string of the molecule is O=C(c1ccc(CN2CCCCC2)cc1)C1CCC1. The summed E-state index contributed by atoms with van der Waals surface area (Å²) >= 11 is 0. The van der Waals surface area contributed by atoms with Gasteiger partial charge in [0.25, 0.3) is 0 Å². The fourth-order valence-electron chi connectivity index (χ4n) is 3.06. The second-order valence-corrected chi connectivity index (χ2v) is 6.03. The predicted molar refractivity (Wildman–Crippen MR) is 77.2 cm³/mol. The van der Waals surface area contributed by atoms with E-state index in [0.717, 1.165) is 24.9 Å². The molecule has 0 spiro atoms. The highest BCUT2D eigenvalue weighted by Gasteiger charge is 2.25. The molecule has 0 aromatic heterocycles. The lowest BCUT2D eigenvalue weighted by atomic mass is 9.80. The van der Waals surface area contributed by atoms with Crippen LogP contribution < -0.4 is 0 Å². The molecule has 1 saturated heterocycles. The first-order valence-corrected chi connectivity index (χ1v) is 7.68. The Labute approximate surface area is 115 Å². The van der Waals surface area contributed by atoms with Gasteiger partial charge in [-0.25, -0.2) is 0 Å². The smallest absolute Gasteiger partial charge is 0.165 e. The molecule has 0 unspecified atom stereocenters. The number of likely N-dealkylation sites (tertiary alicyclic amines) is 1. The second-order valence-electron chi connectivity index (χ2n) is 6.03. The number of rotatable bonds is 4. The first-order chi connectivity index (χ1) is 9.33. The van der Waals surface area contributed by atoms with E-state index in [2.05, 4.69) is 17.0 Å². The van der Waals surface area contributed by atoms with Gasteiger partial charge in [-0.15, -0.1) is 0 Å². The van der Waals surface area contributed by atoms with Gasteiger partial charge >= 0.3 is 0 Å². The minimum Gasteiger partial charge on any atom is -0.299 e. The third kappa shape index (κ3) is 3.06. The Morgan fingerprint density at radius 3 is 2.26 bits per heavy atom. The Morgan fingerprint density at radius 2 is 1.68 bits per heavy atom. The molecule has 1 aromatic carbocycles. The van der Waals surface area contributed by atoms with E-state index in [4.69, 9.17) is 0 Å². The highest BCUT2D eigenvalue weighted by atomic mass is 16.1. The van der Waals surface area contributed by atoms with Gasteiger partial charge in [0, 0.05) is 18.0 Å². The van der Waals surface area contributed by atoms with E-state index in [1.807, 2.05) is 12.1 Å². The summed E-state index contributed by atoms with van der Waals surface area (Å²) < 4.78 is 0. The van der Waals surface area contributed by atoms with Crippen molar-refractivity contribution in [1.29, 1.82) is 0 Å². The third-order valence-electron chi connectivity index (χ3n) is 4.57. The topological polar surface area (TPSA) is 20.3 Å². The number of benzene rings is 1. The van der Waals surface area contributed by atoms with Crippen LogP contribution in [-0.2, 0) is 6.54 Å². The molecule has 1 aromatic rings. The molecule has 0 bridgehead atoms. The molecule has 1 saturated carbocycles. The van der Waals surface area contributed by atoms with Crippen LogP contribution in [0, 0.1) is 5.92 Å². The monoisotopic (exact) mass is 257 g/mol. The highest BCUT2D eigenvalue weighted by Crippen LogP contribution is 2.29. The second kappa shape index (κ2) is 5.87. The van der Waals surface area contributed by atoms with E-state index in [9.17, 15) is 4.79 Å². The normalized spacial score (nSPS) is 21.1. The minimum absolute atomic E-state index is 0.313. The Balaban J connectivity index is 1.60. The number of piperidine rings is 1. The molecule has 0 radical (unpaired) electrons. The van der Waals surface area contributed by atoms with Crippen molar-refractivity contribution >= 4 is 5.78 Å². The van der Waals surface area contributed by atoms with Crippen molar-refractivity contribution in [3.63, 3.8) is 0 Å². The van der Waals surface area contributed by atoms with Crippen molar-refractivity contribution in [2.24, 2.45) is 5.92 Å². The summed E-state index contributed by atoms with van der Waals surface area (Å²) in [5.74, 6) is 0.670. The van der Waals surface area contributed by atoms with Gasteiger partial charge in [-0.05, 0) is 44.3 Å². The lowest BCUT2D eigenvalue weighted by molar-refractivity contribution is 0.0855. The number of carbonyl (C=O) groups is 1. The Morgan fingerprint density at radius 1 is 1.00 bits per heavy atom. The van der Waals surface area contributed by atoms with Crippen LogP contribution in [-0.4, -0.2) is 23.8 Å². The van der Waals surface area contributed by atoms with Crippen molar-refractivity contribution in [2.45, 2.75) is 45.1 Å². The predicted octanol–water partition coefficient (Wildman–Crippen LogP) is 3.66. The number of hydrogen-bond donors (Lipinski definition) is 0. The van der Waals surface area contributed by atoms with Crippen LogP contribution in [0.25, 0.3) is 0 Å². The van der Waals surface area contributed by atoms with Gasteiger partial charge in [0.05, 0.1) is 0 Å². The average Bonchev–Trinajstić information content (AvgIpc) is 2.39. The van der Waals surface area contributed by atoms with Gasteiger partial charge in [0.2, 0.25) is 0 Å². The van der Waals surface area contributed by atoms with Crippen LogP contribution in [0.5, 0.6) is 0 Å². The molecule has 2 nitrogen and oxygen atoms in total. The fourth-order valence-corrected chi connectivity index (χ4v) is 3.06. The third-order valence-corrected chi connectivity index (χ3v) is 4.57. The molecule has 1 aliphatic heterocycles. The molecule has 2 aliphatic rings. The van der Waals surface area contributed by atoms with Crippen LogP contribution in [0.2, 0.25) is 0 Å². The Kier molecular flexibility index (Phi) is 3.97. The van der Waals surface area contributed by atoms with E-state index in [0.29, 0.717) is 11.7 Å². The molecule has 0 atom stereocenters. The highest BCUT2D eigenvalue weighted by molar-refractivity contribution is 5.98. The number of Topliss-reactive ketones (excluding diaryl/α,β-unsaturated/α-hetero) is 1. The fraction of sp³-hybridized carbons (Fsp3) is 0.588. The number of hydrogen-bond acceptors (Lipinski definition) is 2. The zero-order chi connectivity index (χ0) is 13.1. The van der Waals surface area contributed by atoms with E-state index in [1.165, 1.54) is 44.3 Å². The zero-order valence-corrected chi connectivity index (χ0v) is 11.6. The van der Waals surface area contributed by atoms with Gasteiger partial charge in [-0.3, -0.25) is 9.69 Å². The summed E-state index contributed by atoms with van der Waals surface area (Å²) in [6, 6.07) is 8.33. The van der Waals surface area contributed by atoms with Gasteiger partial charge in [-0.1, -0.05) is 37.1 Å². The van der Waals surface area contributed by atoms with Crippen molar-refractivity contribution in [3.05, 3.63) is 35.4 Å². The number of ketones is 1. The molecule has 2 fully saturated rings. The first kappa shape index (κ1) is 12.9. The zero-order valence-electron chi connectivity index (χ0n) is 11.6. The molecule has 0 amide bonds. The van der Waals surface area contributed by atoms with Crippen LogP contribution in [0.1, 0.15) is 54.4 Å². The molecule has 3 rings (SSSR count). The first-order valence-electron chi connectivity index (χ1n) is 7.68. The molecular weight excluding hydrogens is 234 g/mol. The largest absolute Gasteiger partial charge is 0.299 e. The van der Waals surface area contributed by atoms with E-state index in [1.54, 1.807) is 0 Å². The van der Waals surface area contributed by atoms with E-state index in [-0.39, 0.29) is 0 Å². The van der Waals surface area contributed by atoms with Gasteiger partial charge in [0.1, 0.15) is 0 Å². The lowest BCUT2D eigenvalue weighted by Crippen LogP contribution is -2.29. The summed E-state index contributed by atoms with van der Waals surface area (Å²) in [4.78, 5) is 14.6. The van der Waals surface area contributed by atoms with Crippen LogP contribution in [0.3, 0.4) is 0 Å². The molecule has 0 N–H and O–H groups in total. The molecular formula is C17H23NO. The van der Waals surface area contributed by atoms with Gasteiger partial charge < -0.3 is 0 Å². The van der Waals surface area contributed by atoms with E-state index < -0.39 is 0 Å². The summed E-state index contributed by atoms with van der Waals surface area (Å²) in [5, 5.41) is 0. The van der Waals surface area contributed by atoms with Crippen molar-refractivity contribution in [3.8, 4) is 0 Å². The van der Waals surface area contributed by atoms with Crippen molar-refractivity contribution < 1.29 is 4.79 Å². The Bertz CT molecular complexity index is 427. The maximum Gasteiger partial charge on any atom is 0.165 e. The van der Waals surface area contributed by atoms with Gasteiger partial charge in [-0.2, -0.15) is 0 Å². The lowest BCUT2D eigenvalue weighted by Gasteiger charge is -2.26. The van der Waals surface area contributed by atoms with Crippen LogP contribution >= 0.6 is 0 Å². The molecule has 19 heavy (non-hydrogen) atoms. The summed E-state index contributed by atoms with van der Waals surface area (Å²) in [6.45, 7) is 3.49. The van der Waals surface area contributed by atoms with Crippen molar-refractivity contribution in [2.75, 3.05) is 13.1 Å². The van der Waals surface area contributed by atoms with Crippen molar-refractivity contribution in [1.82, 2.24) is 4.90 Å². The Hall–Kier alpha value is -1.15. The average molecular weight is 257 g/mol. The molecule has 1 heterocycles. The molecule has 2 heteroatoms. The summed E-state index contributed by atoms with van der Waals surface area (Å²) in [7, 11) is 0. The van der Waals surface area contributed by atoms with Crippen LogP contribution in [0.4, 0.5) is 0 Å². The minimum atomic E-state index is 0.313. The van der Waals surface area contributed by atoms with E-state index >= 15 is 0 Å². The number of nitrogens with zero attached hydrogens (tertiary/aromatic N) is 1. The maximum atomic E-state index is 12.1. The summed E-state index contributed by atoms with van der Waals surface area (Å²) in [5.41, 5.74) is 2.25.